The minimum Gasteiger partial charge on any atom is -0.466 e. The van der Waals surface area contributed by atoms with Crippen LogP contribution in [0.2, 0.25) is 0 Å². The molecule has 35 heavy (non-hydrogen) atoms. The number of hydrazine groups is 1. The maximum Gasteiger partial charge on any atom is 0.306 e. The van der Waals surface area contributed by atoms with Gasteiger partial charge in [0, 0.05) is 27.3 Å². The topological polar surface area (TPSA) is 96.9 Å². The molecule has 8 heteroatoms. The van der Waals surface area contributed by atoms with Crippen molar-refractivity contribution in [3.63, 3.8) is 0 Å². The van der Waals surface area contributed by atoms with E-state index in [1.165, 1.54) is 0 Å². The Balaban J connectivity index is 1.50. The van der Waals surface area contributed by atoms with Crippen molar-refractivity contribution in [2.24, 2.45) is 4.99 Å². The predicted octanol–water partition coefficient (Wildman–Crippen LogP) is 4.62. The number of carbonyl (C=O) groups excluding carboxylic acids is 3. The van der Waals surface area contributed by atoms with Crippen molar-refractivity contribution in [2.75, 3.05) is 6.61 Å². The smallest absolute Gasteiger partial charge is 0.306 e. The van der Waals surface area contributed by atoms with Crippen LogP contribution in [-0.2, 0) is 20.7 Å². The van der Waals surface area contributed by atoms with E-state index in [1.54, 1.807) is 30.8 Å². The summed E-state index contributed by atoms with van der Waals surface area (Å²) in [4.78, 5) is 43.6. The van der Waals surface area contributed by atoms with Crippen molar-refractivity contribution in [1.29, 1.82) is 0 Å². The first kappa shape index (κ1) is 24.2. The Hall–Kier alpha value is -3.91. The highest BCUT2D eigenvalue weighted by molar-refractivity contribution is 7.99. The summed E-state index contributed by atoms with van der Waals surface area (Å²) in [5, 5.41) is 0. The molecular formula is C27H25N3O4S. The number of rotatable bonds is 7. The third-order valence-corrected chi connectivity index (χ3v) is 6.43. The third-order valence-electron chi connectivity index (χ3n) is 5.29. The van der Waals surface area contributed by atoms with E-state index < -0.39 is 5.91 Å². The molecule has 0 aliphatic carbocycles. The first-order valence-corrected chi connectivity index (χ1v) is 12.1. The first-order chi connectivity index (χ1) is 17.0. The SMILES string of the molecule is CCOC(=O)CCC1=Nc2cc(C(=O)NNC(=O)Cc3ccccc3)ccc2Sc2ccccc21. The van der Waals surface area contributed by atoms with Crippen molar-refractivity contribution >= 4 is 40.9 Å². The molecular weight excluding hydrogens is 462 g/mol. The molecule has 7 nitrogen and oxygen atoms in total. The summed E-state index contributed by atoms with van der Waals surface area (Å²) in [6.07, 6.45) is 0.796. The van der Waals surface area contributed by atoms with E-state index in [4.69, 9.17) is 9.73 Å². The van der Waals surface area contributed by atoms with Crippen LogP contribution in [0.5, 0.6) is 0 Å². The summed E-state index contributed by atoms with van der Waals surface area (Å²) < 4.78 is 5.07. The summed E-state index contributed by atoms with van der Waals surface area (Å²) >= 11 is 1.56. The molecule has 3 aromatic carbocycles. The fourth-order valence-electron chi connectivity index (χ4n) is 3.62. The Morgan fingerprint density at radius 1 is 0.914 bits per heavy atom. The van der Waals surface area contributed by atoms with Crippen molar-refractivity contribution in [2.45, 2.75) is 36.0 Å². The molecule has 0 atom stereocenters. The van der Waals surface area contributed by atoms with Crippen LogP contribution in [0.1, 0.15) is 41.3 Å². The average Bonchev–Trinajstić information content (AvgIpc) is 3.03. The lowest BCUT2D eigenvalue weighted by molar-refractivity contribution is -0.142. The van der Waals surface area contributed by atoms with Gasteiger partial charge in [-0.3, -0.25) is 30.2 Å². The molecule has 0 bridgehead atoms. The number of ether oxygens (including phenoxy) is 1. The number of esters is 1. The second kappa shape index (κ2) is 11.5. The Kier molecular flexibility index (Phi) is 7.95. The highest BCUT2D eigenvalue weighted by Crippen LogP contribution is 2.41. The summed E-state index contributed by atoms with van der Waals surface area (Å²) in [7, 11) is 0. The third kappa shape index (κ3) is 6.36. The van der Waals surface area contributed by atoms with E-state index in [0.29, 0.717) is 24.3 Å². The fourth-order valence-corrected chi connectivity index (χ4v) is 4.64. The lowest BCUT2D eigenvalue weighted by Crippen LogP contribution is -2.42. The molecule has 1 aliphatic rings. The van der Waals surface area contributed by atoms with E-state index >= 15 is 0 Å². The lowest BCUT2D eigenvalue weighted by Gasteiger charge is -2.09. The minimum atomic E-state index is -0.441. The number of benzene rings is 3. The molecule has 0 spiro atoms. The van der Waals surface area contributed by atoms with Gasteiger partial charge in [0.25, 0.3) is 5.91 Å². The molecule has 0 radical (unpaired) electrons. The van der Waals surface area contributed by atoms with E-state index in [2.05, 4.69) is 10.9 Å². The summed E-state index contributed by atoms with van der Waals surface area (Å²) in [6.45, 7) is 2.11. The van der Waals surface area contributed by atoms with Gasteiger partial charge in [0.2, 0.25) is 5.91 Å². The zero-order valence-corrected chi connectivity index (χ0v) is 20.1. The molecule has 3 aromatic rings. The van der Waals surface area contributed by atoms with Gasteiger partial charge >= 0.3 is 5.97 Å². The van der Waals surface area contributed by atoms with Gasteiger partial charge in [-0.1, -0.05) is 60.3 Å². The number of hydrogen-bond donors (Lipinski definition) is 2. The van der Waals surface area contributed by atoms with Gasteiger partial charge < -0.3 is 4.74 Å². The van der Waals surface area contributed by atoms with Gasteiger partial charge in [-0.25, -0.2) is 0 Å². The molecule has 0 aromatic heterocycles. The van der Waals surface area contributed by atoms with E-state index in [0.717, 1.165) is 26.6 Å². The Morgan fingerprint density at radius 2 is 1.69 bits per heavy atom. The summed E-state index contributed by atoms with van der Waals surface area (Å²) in [5.74, 6) is -1.03. The van der Waals surface area contributed by atoms with Crippen molar-refractivity contribution < 1.29 is 19.1 Å². The monoisotopic (exact) mass is 487 g/mol. The molecule has 4 rings (SSSR count). The Labute approximate surface area is 208 Å². The van der Waals surface area contributed by atoms with E-state index in [9.17, 15) is 14.4 Å². The van der Waals surface area contributed by atoms with Crippen molar-refractivity contribution in [3.8, 4) is 0 Å². The number of carbonyl (C=O) groups is 3. The molecule has 1 aliphatic heterocycles. The number of aliphatic imine (C=N–C) groups is 1. The molecule has 0 unspecified atom stereocenters. The molecule has 0 saturated heterocycles. The Bertz CT molecular complexity index is 1270. The van der Waals surface area contributed by atoms with Gasteiger partial charge in [-0.15, -0.1) is 0 Å². The highest BCUT2D eigenvalue weighted by atomic mass is 32.2. The second-order valence-corrected chi connectivity index (χ2v) is 8.89. The van der Waals surface area contributed by atoms with Crippen LogP contribution < -0.4 is 10.9 Å². The molecule has 0 fully saturated rings. The first-order valence-electron chi connectivity index (χ1n) is 11.3. The maximum absolute atomic E-state index is 12.7. The van der Waals surface area contributed by atoms with Gasteiger partial charge in [-0.05, 0) is 36.8 Å². The van der Waals surface area contributed by atoms with Gasteiger partial charge in [0.1, 0.15) is 0 Å². The quantitative estimate of drug-likeness (QED) is 0.374. The number of hydrogen-bond acceptors (Lipinski definition) is 6. The number of nitrogens with zero attached hydrogens (tertiary/aromatic N) is 1. The standard InChI is InChI=1S/C27H25N3O4S/c1-2-34-26(32)15-13-21-20-10-6-7-11-23(20)35-24-14-12-19(17-22(24)28-21)27(33)30-29-25(31)16-18-8-4-3-5-9-18/h3-12,14,17H,2,13,15-16H2,1H3,(H,29,31)(H,30,33). The van der Waals surface area contributed by atoms with Gasteiger partial charge in [0.15, 0.2) is 0 Å². The fraction of sp³-hybridized carbons (Fsp3) is 0.185. The molecule has 178 valence electrons. The lowest BCUT2D eigenvalue weighted by atomic mass is 10.1. The molecule has 2 N–H and O–H groups in total. The number of nitrogens with one attached hydrogen (secondary N) is 2. The molecule has 1 heterocycles. The minimum absolute atomic E-state index is 0.161. The van der Waals surface area contributed by atoms with Crippen LogP contribution in [0.25, 0.3) is 0 Å². The predicted molar refractivity (Wildman–Crippen MR) is 135 cm³/mol. The van der Waals surface area contributed by atoms with Crippen LogP contribution >= 0.6 is 11.8 Å². The van der Waals surface area contributed by atoms with Crippen LogP contribution in [0.3, 0.4) is 0 Å². The second-order valence-electron chi connectivity index (χ2n) is 7.81. The van der Waals surface area contributed by atoms with Crippen LogP contribution in [0.15, 0.2) is 87.6 Å². The molecule has 0 saturated carbocycles. The largest absolute Gasteiger partial charge is 0.466 e. The van der Waals surface area contributed by atoms with E-state index in [1.807, 2.05) is 60.7 Å². The van der Waals surface area contributed by atoms with Gasteiger partial charge in [0.05, 0.1) is 30.8 Å². The Morgan fingerprint density at radius 3 is 2.49 bits per heavy atom. The summed E-state index contributed by atoms with van der Waals surface area (Å²) in [5.41, 5.74) is 8.49. The maximum atomic E-state index is 12.7. The van der Waals surface area contributed by atoms with Crippen LogP contribution in [-0.4, -0.2) is 30.1 Å². The molecule has 2 amide bonds. The van der Waals surface area contributed by atoms with Gasteiger partial charge in [-0.2, -0.15) is 0 Å². The average molecular weight is 488 g/mol. The van der Waals surface area contributed by atoms with Crippen molar-refractivity contribution in [1.82, 2.24) is 10.9 Å². The number of fused-ring (bicyclic) bond motifs is 2. The van der Waals surface area contributed by atoms with E-state index in [-0.39, 0.29) is 24.7 Å². The van der Waals surface area contributed by atoms with Crippen LogP contribution in [0.4, 0.5) is 5.69 Å². The summed E-state index contributed by atoms with van der Waals surface area (Å²) in [6, 6.07) is 22.4. The van der Waals surface area contributed by atoms with Crippen LogP contribution in [0, 0.1) is 0 Å². The number of amides is 2. The normalized spacial score (nSPS) is 11.9. The zero-order valence-electron chi connectivity index (χ0n) is 19.2. The van der Waals surface area contributed by atoms with Crippen molar-refractivity contribution in [3.05, 3.63) is 89.5 Å². The highest BCUT2D eigenvalue weighted by Gasteiger charge is 2.20. The zero-order chi connectivity index (χ0) is 24.6.